The van der Waals surface area contributed by atoms with Crippen molar-refractivity contribution in [1.82, 2.24) is 25.3 Å². The quantitative estimate of drug-likeness (QED) is 0.686. The summed E-state index contributed by atoms with van der Waals surface area (Å²) >= 11 is 0. The van der Waals surface area contributed by atoms with Gasteiger partial charge >= 0.3 is 0 Å². The second-order valence-electron chi connectivity index (χ2n) is 8.33. The van der Waals surface area contributed by atoms with Gasteiger partial charge in [-0.1, -0.05) is 6.92 Å². The van der Waals surface area contributed by atoms with Crippen molar-refractivity contribution in [2.75, 3.05) is 58.9 Å². The minimum absolute atomic E-state index is 0.00742. The second kappa shape index (κ2) is 9.85. The summed E-state index contributed by atoms with van der Waals surface area (Å²) < 4.78 is 0. The van der Waals surface area contributed by atoms with Gasteiger partial charge in [-0.15, -0.1) is 0 Å². The summed E-state index contributed by atoms with van der Waals surface area (Å²) in [5.74, 6) is 0.851. The lowest BCUT2D eigenvalue weighted by Crippen LogP contribution is -2.56. The van der Waals surface area contributed by atoms with Crippen LogP contribution in [0.25, 0.3) is 0 Å². The Balaban J connectivity index is 1.44. The topological polar surface area (TPSA) is 67.9 Å². The maximum atomic E-state index is 12.9. The number of hydrogen-bond acceptors (Lipinski definition) is 5. The third-order valence-electron chi connectivity index (χ3n) is 6.53. The van der Waals surface area contributed by atoms with Gasteiger partial charge in [0, 0.05) is 39.3 Å². The number of likely N-dealkylation sites (N-methyl/N-ethyl adjacent to an activating group) is 1. The Bertz CT molecular complexity index is 501. The molecule has 3 saturated heterocycles. The normalized spacial score (nSPS) is 28.9. The van der Waals surface area contributed by atoms with Crippen LogP contribution in [0.1, 0.15) is 39.5 Å². The minimum Gasteiger partial charge on any atom is -0.354 e. The van der Waals surface area contributed by atoms with Gasteiger partial charge in [0.05, 0.1) is 12.1 Å². The van der Waals surface area contributed by atoms with Gasteiger partial charge in [-0.25, -0.2) is 0 Å². The van der Waals surface area contributed by atoms with Crippen LogP contribution in [0.3, 0.4) is 0 Å². The third-order valence-corrected chi connectivity index (χ3v) is 6.53. The number of rotatable bonds is 6. The van der Waals surface area contributed by atoms with Crippen molar-refractivity contribution in [3.05, 3.63) is 0 Å². The molecular weight excluding hydrogens is 342 g/mol. The molecule has 3 aliphatic rings. The van der Waals surface area contributed by atoms with Crippen molar-refractivity contribution >= 4 is 11.8 Å². The fraction of sp³-hybridized carbons (Fsp3) is 0.900. The predicted octanol–water partition coefficient (Wildman–Crippen LogP) is 0.119. The zero-order valence-corrected chi connectivity index (χ0v) is 17.1. The van der Waals surface area contributed by atoms with Crippen LogP contribution in [0, 0.1) is 5.92 Å². The van der Waals surface area contributed by atoms with Crippen molar-refractivity contribution in [1.29, 1.82) is 0 Å². The fourth-order valence-corrected chi connectivity index (χ4v) is 4.60. The number of nitrogens with zero attached hydrogens (tertiary/aromatic N) is 3. The van der Waals surface area contributed by atoms with E-state index in [1.54, 1.807) is 0 Å². The van der Waals surface area contributed by atoms with E-state index in [1.807, 2.05) is 4.90 Å². The first-order chi connectivity index (χ1) is 13.1. The van der Waals surface area contributed by atoms with E-state index in [1.165, 1.54) is 0 Å². The molecule has 0 spiro atoms. The Morgan fingerprint density at radius 1 is 1.11 bits per heavy atom. The molecule has 3 fully saturated rings. The van der Waals surface area contributed by atoms with Gasteiger partial charge in [-0.2, -0.15) is 0 Å². The Morgan fingerprint density at radius 3 is 2.56 bits per heavy atom. The first-order valence-corrected chi connectivity index (χ1v) is 10.8. The van der Waals surface area contributed by atoms with Gasteiger partial charge in [-0.05, 0) is 58.2 Å². The van der Waals surface area contributed by atoms with Crippen LogP contribution in [0.5, 0.6) is 0 Å². The highest BCUT2D eigenvalue weighted by atomic mass is 16.2. The van der Waals surface area contributed by atoms with E-state index in [2.05, 4.69) is 34.3 Å². The molecule has 3 rings (SSSR count). The maximum Gasteiger partial charge on any atom is 0.239 e. The molecule has 2 amide bonds. The number of amides is 2. The van der Waals surface area contributed by atoms with Gasteiger partial charge in [0.2, 0.25) is 11.8 Å². The molecule has 0 saturated carbocycles. The largest absolute Gasteiger partial charge is 0.354 e. The fourth-order valence-electron chi connectivity index (χ4n) is 4.60. The van der Waals surface area contributed by atoms with Crippen molar-refractivity contribution < 1.29 is 9.59 Å². The predicted molar refractivity (Wildman–Crippen MR) is 106 cm³/mol. The lowest BCUT2D eigenvalue weighted by molar-refractivity contribution is -0.139. The van der Waals surface area contributed by atoms with Gasteiger partial charge in [0.15, 0.2) is 0 Å². The number of piperazine rings is 1. The molecule has 7 nitrogen and oxygen atoms in total. The van der Waals surface area contributed by atoms with Crippen molar-refractivity contribution in [2.24, 2.45) is 5.92 Å². The molecule has 27 heavy (non-hydrogen) atoms. The highest BCUT2D eigenvalue weighted by molar-refractivity contribution is 5.82. The molecule has 3 atom stereocenters. The number of hydrogen-bond donors (Lipinski definition) is 2. The number of likely N-dealkylation sites (tertiary alicyclic amines) is 1. The highest BCUT2D eigenvalue weighted by Gasteiger charge is 2.31. The summed E-state index contributed by atoms with van der Waals surface area (Å²) in [6.07, 6.45) is 4.26. The molecule has 0 aliphatic carbocycles. The molecule has 0 radical (unpaired) electrons. The number of carbonyl (C=O) groups is 2. The minimum atomic E-state index is -0.0619. The van der Waals surface area contributed by atoms with Crippen LogP contribution in [0.15, 0.2) is 0 Å². The zero-order valence-electron chi connectivity index (χ0n) is 17.1. The summed E-state index contributed by atoms with van der Waals surface area (Å²) in [7, 11) is 0. The average molecular weight is 380 g/mol. The van der Waals surface area contributed by atoms with Gasteiger partial charge in [-0.3, -0.25) is 14.5 Å². The summed E-state index contributed by atoms with van der Waals surface area (Å²) in [6, 6.07) is -0.0693. The van der Waals surface area contributed by atoms with Crippen LogP contribution >= 0.6 is 0 Å². The number of nitrogens with one attached hydrogen (secondary N) is 2. The molecule has 3 aliphatic heterocycles. The Kier molecular flexibility index (Phi) is 7.49. The number of piperidine rings is 1. The standard InChI is InChI=1S/C20H37N5O2/c1-3-23-10-12-24(13-11-23)20(27)16(2)25-9-5-6-17(15-25)14-22-19(26)18-7-4-8-21-18/h16-18,21H,3-15H2,1-2H3,(H,22,26). The molecule has 3 heterocycles. The summed E-state index contributed by atoms with van der Waals surface area (Å²) in [6.45, 7) is 12.5. The first kappa shape index (κ1) is 20.6. The molecular formula is C20H37N5O2. The van der Waals surface area contributed by atoms with E-state index in [4.69, 9.17) is 0 Å². The SMILES string of the molecule is CCN1CCN(C(=O)C(C)N2CCCC(CNC(=O)C3CCCN3)C2)CC1. The lowest BCUT2D eigenvalue weighted by atomic mass is 9.96. The van der Waals surface area contributed by atoms with Crippen molar-refractivity contribution in [2.45, 2.75) is 51.6 Å². The Labute approximate surface area is 163 Å². The van der Waals surface area contributed by atoms with Crippen molar-refractivity contribution in [3.63, 3.8) is 0 Å². The highest BCUT2D eigenvalue weighted by Crippen LogP contribution is 2.19. The van der Waals surface area contributed by atoms with Gasteiger partial charge in [0.1, 0.15) is 0 Å². The molecule has 0 aromatic heterocycles. The van der Waals surface area contributed by atoms with E-state index >= 15 is 0 Å². The van der Waals surface area contributed by atoms with E-state index in [0.29, 0.717) is 5.92 Å². The van der Waals surface area contributed by atoms with Gasteiger partial charge in [0.25, 0.3) is 0 Å². The summed E-state index contributed by atoms with van der Waals surface area (Å²) in [5.41, 5.74) is 0. The van der Waals surface area contributed by atoms with E-state index in [9.17, 15) is 9.59 Å². The molecule has 2 N–H and O–H groups in total. The molecule has 3 unspecified atom stereocenters. The van der Waals surface area contributed by atoms with E-state index in [0.717, 1.165) is 84.6 Å². The van der Waals surface area contributed by atoms with Crippen LogP contribution in [0.4, 0.5) is 0 Å². The maximum absolute atomic E-state index is 12.9. The van der Waals surface area contributed by atoms with Gasteiger partial charge < -0.3 is 20.4 Å². The molecule has 0 aromatic carbocycles. The van der Waals surface area contributed by atoms with Crippen LogP contribution < -0.4 is 10.6 Å². The zero-order chi connectivity index (χ0) is 19.2. The van der Waals surface area contributed by atoms with Crippen LogP contribution in [-0.2, 0) is 9.59 Å². The molecule has 7 heteroatoms. The summed E-state index contributed by atoms with van der Waals surface area (Å²) in [5, 5.41) is 6.38. The lowest BCUT2D eigenvalue weighted by Gasteiger charge is -2.40. The second-order valence-corrected chi connectivity index (χ2v) is 8.33. The van der Waals surface area contributed by atoms with Crippen LogP contribution in [-0.4, -0.2) is 97.5 Å². The average Bonchev–Trinajstić information content (AvgIpc) is 3.26. The Morgan fingerprint density at radius 2 is 1.89 bits per heavy atom. The van der Waals surface area contributed by atoms with E-state index in [-0.39, 0.29) is 23.9 Å². The third kappa shape index (κ3) is 5.42. The molecule has 154 valence electrons. The monoisotopic (exact) mass is 379 g/mol. The molecule has 0 bridgehead atoms. The first-order valence-electron chi connectivity index (χ1n) is 10.8. The van der Waals surface area contributed by atoms with Crippen LogP contribution in [0.2, 0.25) is 0 Å². The van der Waals surface area contributed by atoms with Crippen molar-refractivity contribution in [3.8, 4) is 0 Å². The number of carbonyl (C=O) groups excluding carboxylic acids is 2. The smallest absolute Gasteiger partial charge is 0.239 e. The summed E-state index contributed by atoms with van der Waals surface area (Å²) in [4.78, 5) is 31.9. The molecule has 0 aromatic rings. The van der Waals surface area contributed by atoms with E-state index < -0.39 is 0 Å². The Hall–Kier alpha value is -1.18.